The molecule has 0 aliphatic rings. The summed E-state index contributed by atoms with van der Waals surface area (Å²) < 4.78 is 13.1. The van der Waals surface area contributed by atoms with E-state index in [4.69, 9.17) is 9.47 Å². The zero-order chi connectivity index (χ0) is 26.7. The van der Waals surface area contributed by atoms with Gasteiger partial charge in [0.2, 0.25) is 0 Å². The lowest BCUT2D eigenvalue weighted by Gasteiger charge is -2.14. The number of carbonyl (C=O) groups excluding carboxylic acids is 3. The molecule has 3 N–H and O–H groups in total. The van der Waals surface area contributed by atoms with Crippen LogP contribution in [0.1, 0.15) is 38.1 Å². The van der Waals surface area contributed by atoms with Crippen molar-refractivity contribution in [2.45, 2.75) is 39.8 Å². The predicted octanol–water partition coefficient (Wildman–Crippen LogP) is 4.80. The molecule has 0 fully saturated rings. The monoisotopic (exact) mass is 503 g/mol. The van der Waals surface area contributed by atoms with Gasteiger partial charge in [-0.15, -0.1) is 0 Å². The number of fused-ring (bicyclic) bond motifs is 2. The second kappa shape index (κ2) is 10.6. The van der Waals surface area contributed by atoms with Crippen molar-refractivity contribution < 1.29 is 23.9 Å². The van der Waals surface area contributed by atoms with E-state index in [9.17, 15) is 14.4 Å². The van der Waals surface area contributed by atoms with E-state index in [0.717, 1.165) is 10.9 Å². The number of imide groups is 1. The Morgan fingerprint density at radius 1 is 0.919 bits per heavy atom. The number of aromatic nitrogens is 2. The highest BCUT2D eigenvalue weighted by atomic mass is 16.5. The van der Waals surface area contributed by atoms with Gasteiger partial charge in [0.15, 0.2) is 0 Å². The summed E-state index contributed by atoms with van der Waals surface area (Å²) >= 11 is 0. The zero-order valence-electron chi connectivity index (χ0n) is 21.3. The van der Waals surface area contributed by atoms with Crippen LogP contribution in [0.2, 0.25) is 0 Å². The molecule has 2 heterocycles. The number of amides is 4. The molecule has 0 unspecified atom stereocenters. The minimum absolute atomic E-state index is 0.0164. The van der Waals surface area contributed by atoms with Crippen LogP contribution in [0.3, 0.4) is 0 Å². The lowest BCUT2D eigenvalue weighted by Crippen LogP contribution is -2.42. The second-order valence-corrected chi connectivity index (χ2v) is 9.07. The van der Waals surface area contributed by atoms with Crippen molar-refractivity contribution in [3.8, 4) is 17.2 Å². The van der Waals surface area contributed by atoms with E-state index in [0.29, 0.717) is 22.4 Å². The van der Waals surface area contributed by atoms with Gasteiger partial charge in [-0.05, 0) is 64.1 Å². The summed E-state index contributed by atoms with van der Waals surface area (Å²) in [5, 5.41) is 9.20. The van der Waals surface area contributed by atoms with Crippen molar-refractivity contribution in [2.75, 3.05) is 7.11 Å². The highest BCUT2D eigenvalue weighted by Gasteiger charge is 2.19. The van der Waals surface area contributed by atoms with Crippen molar-refractivity contribution in [3.05, 3.63) is 60.4 Å². The SMILES string of the molecule is COc1cc2nccc(Oc3ccc4c(ccn4C(=O)NC(C)C)c3)c2cc1C(=O)NC(=O)NC(C)C. The highest BCUT2D eigenvalue weighted by molar-refractivity contribution is 6.08. The van der Waals surface area contributed by atoms with E-state index in [1.54, 1.807) is 55.1 Å². The number of ether oxygens (including phenoxy) is 2. The Bertz CT molecular complexity index is 1490. The maximum absolute atomic E-state index is 12.9. The van der Waals surface area contributed by atoms with Gasteiger partial charge in [0, 0.05) is 41.3 Å². The first-order valence-corrected chi connectivity index (χ1v) is 11.8. The Morgan fingerprint density at radius 2 is 1.68 bits per heavy atom. The largest absolute Gasteiger partial charge is 0.496 e. The Balaban J connectivity index is 1.66. The molecule has 192 valence electrons. The minimum Gasteiger partial charge on any atom is -0.496 e. The normalized spacial score (nSPS) is 11.1. The summed E-state index contributed by atoms with van der Waals surface area (Å²) in [7, 11) is 1.44. The molecular weight excluding hydrogens is 474 g/mol. The molecule has 37 heavy (non-hydrogen) atoms. The summed E-state index contributed by atoms with van der Waals surface area (Å²) in [6.07, 6.45) is 3.30. The molecule has 4 amide bonds. The van der Waals surface area contributed by atoms with E-state index in [1.807, 2.05) is 32.0 Å². The Kier molecular flexibility index (Phi) is 7.28. The number of benzene rings is 2. The number of nitrogens with zero attached hydrogens (tertiary/aromatic N) is 2. The quantitative estimate of drug-likeness (QED) is 0.347. The van der Waals surface area contributed by atoms with Crippen molar-refractivity contribution in [2.24, 2.45) is 0 Å². The molecule has 10 heteroatoms. The first kappa shape index (κ1) is 25.5. The van der Waals surface area contributed by atoms with Gasteiger partial charge < -0.3 is 20.1 Å². The van der Waals surface area contributed by atoms with Crippen molar-refractivity contribution >= 4 is 39.8 Å². The molecule has 10 nitrogen and oxygen atoms in total. The Hall–Kier alpha value is -4.60. The van der Waals surface area contributed by atoms with Crippen LogP contribution >= 0.6 is 0 Å². The number of hydrogen-bond donors (Lipinski definition) is 3. The van der Waals surface area contributed by atoms with Crippen molar-refractivity contribution in [3.63, 3.8) is 0 Å². The number of urea groups is 1. The molecule has 0 radical (unpaired) electrons. The second-order valence-electron chi connectivity index (χ2n) is 9.07. The molecule has 4 aromatic rings. The minimum atomic E-state index is -0.617. The Labute approximate surface area is 214 Å². The fraction of sp³-hybridized carbons (Fsp3) is 0.259. The van der Waals surface area contributed by atoms with Gasteiger partial charge in [-0.3, -0.25) is 19.7 Å². The third-order valence-electron chi connectivity index (χ3n) is 5.43. The van der Waals surface area contributed by atoms with Gasteiger partial charge in [-0.1, -0.05) is 0 Å². The molecular formula is C27H29N5O5. The third kappa shape index (κ3) is 5.64. The molecule has 0 saturated heterocycles. The van der Waals surface area contributed by atoms with Gasteiger partial charge >= 0.3 is 12.1 Å². The van der Waals surface area contributed by atoms with Gasteiger partial charge in [-0.2, -0.15) is 0 Å². The van der Waals surface area contributed by atoms with Crippen LogP contribution in [0.5, 0.6) is 17.2 Å². The molecule has 2 aromatic heterocycles. The van der Waals surface area contributed by atoms with Crippen LogP contribution < -0.4 is 25.4 Å². The maximum Gasteiger partial charge on any atom is 0.326 e. The molecule has 0 spiro atoms. The first-order chi connectivity index (χ1) is 17.7. The molecule has 0 aliphatic heterocycles. The van der Waals surface area contributed by atoms with Crippen LogP contribution in [-0.4, -0.2) is 46.7 Å². The number of carbonyl (C=O) groups is 3. The molecule has 0 saturated carbocycles. The number of methoxy groups -OCH3 is 1. The van der Waals surface area contributed by atoms with Gasteiger partial charge in [0.1, 0.15) is 17.2 Å². The maximum atomic E-state index is 12.9. The fourth-order valence-electron chi connectivity index (χ4n) is 3.86. The van der Waals surface area contributed by atoms with Crippen LogP contribution in [0.25, 0.3) is 21.8 Å². The van der Waals surface area contributed by atoms with Crippen LogP contribution in [0.4, 0.5) is 9.59 Å². The van der Waals surface area contributed by atoms with E-state index in [2.05, 4.69) is 20.9 Å². The lowest BCUT2D eigenvalue weighted by molar-refractivity contribution is 0.0960. The van der Waals surface area contributed by atoms with E-state index >= 15 is 0 Å². The zero-order valence-corrected chi connectivity index (χ0v) is 21.3. The van der Waals surface area contributed by atoms with E-state index in [-0.39, 0.29) is 29.4 Å². The summed E-state index contributed by atoms with van der Waals surface area (Å²) in [5.74, 6) is 0.661. The predicted molar refractivity (Wildman–Crippen MR) is 141 cm³/mol. The average Bonchev–Trinajstić information content (AvgIpc) is 3.26. The lowest BCUT2D eigenvalue weighted by atomic mass is 10.1. The smallest absolute Gasteiger partial charge is 0.326 e. The van der Waals surface area contributed by atoms with Crippen LogP contribution in [0.15, 0.2) is 54.9 Å². The summed E-state index contributed by atoms with van der Waals surface area (Å²) in [6.45, 7) is 7.39. The van der Waals surface area contributed by atoms with E-state index < -0.39 is 11.9 Å². The summed E-state index contributed by atoms with van der Waals surface area (Å²) in [6, 6.07) is 11.2. The number of pyridine rings is 1. The number of rotatable bonds is 6. The van der Waals surface area contributed by atoms with Gasteiger partial charge in [0.05, 0.1) is 23.7 Å². The van der Waals surface area contributed by atoms with Crippen molar-refractivity contribution in [1.29, 1.82) is 0 Å². The van der Waals surface area contributed by atoms with E-state index in [1.165, 1.54) is 7.11 Å². The fourth-order valence-corrected chi connectivity index (χ4v) is 3.86. The molecule has 0 aliphatic carbocycles. The van der Waals surface area contributed by atoms with Crippen LogP contribution in [-0.2, 0) is 0 Å². The first-order valence-electron chi connectivity index (χ1n) is 11.8. The average molecular weight is 504 g/mol. The number of nitrogens with one attached hydrogen (secondary N) is 3. The summed E-state index contributed by atoms with van der Waals surface area (Å²) in [4.78, 5) is 41.7. The third-order valence-corrected chi connectivity index (χ3v) is 5.43. The van der Waals surface area contributed by atoms with Crippen molar-refractivity contribution in [1.82, 2.24) is 25.5 Å². The standard InChI is InChI=1S/C27H29N5O5/c1-15(2)29-26(34)31-25(33)20-13-19-21(14-24(20)36-5)28-10-8-23(19)37-18-6-7-22-17(12-18)9-11-32(22)27(35)30-16(3)4/h6-16H,1-5H3,(H,30,35)(H2,29,31,33,34). The Morgan fingerprint density at radius 3 is 2.38 bits per heavy atom. The van der Waals surface area contributed by atoms with Gasteiger partial charge in [-0.25, -0.2) is 9.59 Å². The topological polar surface area (TPSA) is 124 Å². The molecule has 4 rings (SSSR count). The molecule has 2 aromatic carbocycles. The summed E-state index contributed by atoms with van der Waals surface area (Å²) in [5.41, 5.74) is 1.46. The number of hydrogen-bond acceptors (Lipinski definition) is 6. The van der Waals surface area contributed by atoms with Crippen LogP contribution in [0, 0.1) is 0 Å². The van der Waals surface area contributed by atoms with Gasteiger partial charge in [0.25, 0.3) is 5.91 Å². The molecule has 0 bridgehead atoms. The highest BCUT2D eigenvalue weighted by Crippen LogP contribution is 2.34. The molecule has 0 atom stereocenters.